The molecule has 1 N–H and O–H groups in total. The molecular weight excluding hydrogens is 228 g/mol. The molecule has 0 aromatic rings. The number of ether oxygens (including phenoxy) is 1. The molecule has 0 amide bonds. The van der Waals surface area contributed by atoms with Crippen molar-refractivity contribution < 1.29 is 14.6 Å². The van der Waals surface area contributed by atoms with Gasteiger partial charge in [-0.25, -0.2) is 4.79 Å². The fourth-order valence-corrected chi connectivity index (χ4v) is 2.58. The van der Waals surface area contributed by atoms with Gasteiger partial charge in [-0.15, -0.1) is 0 Å². The number of hydrogen-bond donors (Lipinski definition) is 1. The molecule has 2 rings (SSSR count). The summed E-state index contributed by atoms with van der Waals surface area (Å²) in [6.07, 6.45) is 4.76. The van der Waals surface area contributed by atoms with Crippen LogP contribution in [-0.4, -0.2) is 23.3 Å². The van der Waals surface area contributed by atoms with E-state index in [-0.39, 0.29) is 24.1 Å². The van der Waals surface area contributed by atoms with Crippen molar-refractivity contribution in [3.8, 4) is 0 Å². The number of aliphatic hydroxyl groups excluding tert-OH is 1. The number of aliphatic hydroxyl groups is 1. The van der Waals surface area contributed by atoms with Gasteiger partial charge >= 0.3 is 5.97 Å². The monoisotopic (exact) mass is 248 g/mol. The Labute approximate surface area is 108 Å². The summed E-state index contributed by atoms with van der Waals surface area (Å²) in [5, 5.41) is 9.34. The standard InChI is InChI=1S/C15H20O3/c1-9-8-14-13(11(3)15(17)18-14)7-6-12(9)5-4-10(2)16/h6,10,13-14,16H,1,3-5,7-8H2,2H3/t10-,13+,14+/m0/s1. The lowest BCUT2D eigenvalue weighted by Gasteiger charge is -2.14. The SMILES string of the molecule is C=C1C[C@H]2OC(=O)C(=C)[C@H]2CC=C1CC[C@H](C)O. The first-order valence-electron chi connectivity index (χ1n) is 6.44. The highest BCUT2D eigenvalue weighted by atomic mass is 16.6. The van der Waals surface area contributed by atoms with Crippen LogP contribution in [0.5, 0.6) is 0 Å². The Kier molecular flexibility index (Phi) is 3.71. The number of carbonyl (C=O) groups is 1. The highest BCUT2D eigenvalue weighted by Crippen LogP contribution is 2.38. The Morgan fingerprint density at radius 1 is 1.56 bits per heavy atom. The third kappa shape index (κ3) is 2.56. The van der Waals surface area contributed by atoms with Gasteiger partial charge in [0.05, 0.1) is 6.10 Å². The number of allylic oxidation sites excluding steroid dienone is 2. The molecule has 0 aromatic heterocycles. The number of esters is 1. The average Bonchev–Trinajstić information content (AvgIpc) is 2.46. The van der Waals surface area contributed by atoms with Crippen LogP contribution in [0.25, 0.3) is 0 Å². The Hall–Kier alpha value is -1.35. The van der Waals surface area contributed by atoms with Gasteiger partial charge in [-0.05, 0) is 37.3 Å². The van der Waals surface area contributed by atoms with E-state index in [0.717, 1.165) is 24.8 Å². The fraction of sp³-hybridized carbons (Fsp3) is 0.533. The van der Waals surface area contributed by atoms with Crippen molar-refractivity contribution in [3.63, 3.8) is 0 Å². The summed E-state index contributed by atoms with van der Waals surface area (Å²) in [5.74, 6) is -0.170. The highest BCUT2D eigenvalue weighted by Gasteiger charge is 2.39. The average molecular weight is 248 g/mol. The molecular formula is C15H20O3. The van der Waals surface area contributed by atoms with Crippen molar-refractivity contribution in [2.24, 2.45) is 5.92 Å². The summed E-state index contributed by atoms with van der Waals surface area (Å²) < 4.78 is 5.32. The topological polar surface area (TPSA) is 46.5 Å². The molecule has 98 valence electrons. The normalized spacial score (nSPS) is 29.4. The molecule has 0 unspecified atom stereocenters. The van der Waals surface area contributed by atoms with Crippen LogP contribution < -0.4 is 0 Å². The summed E-state index contributed by atoms with van der Waals surface area (Å²) in [6, 6.07) is 0. The molecule has 1 aliphatic heterocycles. The number of hydrogen-bond acceptors (Lipinski definition) is 3. The van der Waals surface area contributed by atoms with Crippen molar-refractivity contribution in [1.82, 2.24) is 0 Å². The second-order valence-electron chi connectivity index (χ2n) is 5.24. The number of rotatable bonds is 3. The first kappa shape index (κ1) is 13.1. The molecule has 0 saturated carbocycles. The van der Waals surface area contributed by atoms with Gasteiger partial charge in [0.25, 0.3) is 0 Å². The van der Waals surface area contributed by atoms with E-state index in [1.807, 2.05) is 0 Å². The zero-order valence-corrected chi connectivity index (χ0v) is 10.8. The first-order chi connectivity index (χ1) is 8.49. The van der Waals surface area contributed by atoms with E-state index in [2.05, 4.69) is 19.2 Å². The minimum absolute atomic E-state index is 0.0956. The molecule has 1 heterocycles. The molecule has 2 aliphatic rings. The Bertz CT molecular complexity index is 417. The van der Waals surface area contributed by atoms with Gasteiger partial charge in [-0.3, -0.25) is 0 Å². The van der Waals surface area contributed by atoms with Crippen molar-refractivity contribution >= 4 is 5.97 Å². The van der Waals surface area contributed by atoms with E-state index in [0.29, 0.717) is 12.0 Å². The molecule has 0 aromatic carbocycles. The molecule has 18 heavy (non-hydrogen) atoms. The van der Waals surface area contributed by atoms with Gasteiger partial charge in [0.15, 0.2) is 0 Å². The van der Waals surface area contributed by atoms with E-state index in [4.69, 9.17) is 4.74 Å². The molecule has 0 spiro atoms. The largest absolute Gasteiger partial charge is 0.458 e. The molecule has 1 fully saturated rings. The summed E-state index contributed by atoms with van der Waals surface area (Å²) in [5.41, 5.74) is 2.79. The van der Waals surface area contributed by atoms with Gasteiger partial charge in [0.1, 0.15) is 6.10 Å². The lowest BCUT2D eigenvalue weighted by atomic mass is 9.92. The highest BCUT2D eigenvalue weighted by molar-refractivity contribution is 5.90. The van der Waals surface area contributed by atoms with E-state index >= 15 is 0 Å². The van der Waals surface area contributed by atoms with Gasteiger partial charge in [0.2, 0.25) is 0 Å². The van der Waals surface area contributed by atoms with Crippen LogP contribution in [-0.2, 0) is 9.53 Å². The summed E-state index contributed by atoms with van der Waals surface area (Å²) in [4.78, 5) is 11.5. The van der Waals surface area contributed by atoms with E-state index in [1.54, 1.807) is 6.92 Å². The van der Waals surface area contributed by atoms with Gasteiger partial charge < -0.3 is 9.84 Å². The maximum Gasteiger partial charge on any atom is 0.334 e. The van der Waals surface area contributed by atoms with Gasteiger partial charge in [-0.1, -0.05) is 19.2 Å². The maximum atomic E-state index is 11.5. The second kappa shape index (κ2) is 5.11. The van der Waals surface area contributed by atoms with Crippen molar-refractivity contribution in [1.29, 1.82) is 0 Å². The zero-order valence-electron chi connectivity index (χ0n) is 10.8. The lowest BCUT2D eigenvalue weighted by Crippen LogP contribution is -2.15. The quantitative estimate of drug-likeness (QED) is 0.616. The van der Waals surface area contributed by atoms with Gasteiger partial charge in [0, 0.05) is 17.9 Å². The van der Waals surface area contributed by atoms with Crippen LogP contribution in [0.3, 0.4) is 0 Å². The predicted molar refractivity (Wildman–Crippen MR) is 69.9 cm³/mol. The first-order valence-corrected chi connectivity index (χ1v) is 6.44. The zero-order chi connectivity index (χ0) is 13.3. The third-order valence-electron chi connectivity index (χ3n) is 3.77. The maximum absolute atomic E-state index is 11.5. The molecule has 3 atom stereocenters. The second-order valence-corrected chi connectivity index (χ2v) is 5.24. The molecule has 1 saturated heterocycles. The molecule has 0 radical (unpaired) electrons. The predicted octanol–water partition coefficient (Wildman–Crippen LogP) is 2.52. The summed E-state index contributed by atoms with van der Waals surface area (Å²) in [7, 11) is 0. The summed E-state index contributed by atoms with van der Waals surface area (Å²) in [6.45, 7) is 9.68. The number of carbonyl (C=O) groups excluding carboxylic acids is 1. The minimum Gasteiger partial charge on any atom is -0.458 e. The smallest absolute Gasteiger partial charge is 0.334 e. The van der Waals surface area contributed by atoms with Crippen molar-refractivity contribution in [2.75, 3.05) is 0 Å². The number of fused-ring (bicyclic) bond motifs is 1. The minimum atomic E-state index is -0.297. The van der Waals surface area contributed by atoms with E-state index in [1.165, 1.54) is 5.57 Å². The van der Waals surface area contributed by atoms with Crippen LogP contribution in [0.2, 0.25) is 0 Å². The molecule has 0 bridgehead atoms. The Morgan fingerprint density at radius 2 is 2.28 bits per heavy atom. The molecule has 3 nitrogen and oxygen atoms in total. The fourth-order valence-electron chi connectivity index (χ4n) is 2.58. The Balaban J connectivity index is 2.08. The van der Waals surface area contributed by atoms with Crippen LogP contribution in [0, 0.1) is 5.92 Å². The van der Waals surface area contributed by atoms with Crippen LogP contribution in [0.15, 0.2) is 36.0 Å². The summed E-state index contributed by atoms with van der Waals surface area (Å²) >= 11 is 0. The van der Waals surface area contributed by atoms with Crippen molar-refractivity contribution in [3.05, 3.63) is 36.0 Å². The lowest BCUT2D eigenvalue weighted by molar-refractivity contribution is -0.139. The van der Waals surface area contributed by atoms with Crippen molar-refractivity contribution in [2.45, 2.75) is 44.8 Å². The molecule has 3 heteroatoms. The molecule has 1 aliphatic carbocycles. The van der Waals surface area contributed by atoms with E-state index < -0.39 is 0 Å². The van der Waals surface area contributed by atoms with Crippen LogP contribution >= 0.6 is 0 Å². The van der Waals surface area contributed by atoms with E-state index in [9.17, 15) is 9.90 Å². The third-order valence-corrected chi connectivity index (χ3v) is 3.77. The van der Waals surface area contributed by atoms with Crippen LogP contribution in [0.4, 0.5) is 0 Å². The van der Waals surface area contributed by atoms with Gasteiger partial charge in [-0.2, -0.15) is 0 Å². The van der Waals surface area contributed by atoms with Crippen LogP contribution in [0.1, 0.15) is 32.6 Å². The Morgan fingerprint density at radius 3 is 2.94 bits per heavy atom.